The summed E-state index contributed by atoms with van der Waals surface area (Å²) in [7, 11) is 0. The molecule has 0 saturated carbocycles. The molecule has 2 aromatic rings. The van der Waals surface area contributed by atoms with Crippen LogP contribution in [0.25, 0.3) is 10.9 Å². The van der Waals surface area contributed by atoms with Crippen LogP contribution in [0.3, 0.4) is 0 Å². The smallest absolute Gasteiger partial charge is 0.143 e. The van der Waals surface area contributed by atoms with Crippen molar-refractivity contribution in [3.8, 4) is 0 Å². The Hall–Kier alpha value is -2.14. The monoisotopic (exact) mass is 286 g/mol. The van der Waals surface area contributed by atoms with Crippen molar-refractivity contribution in [2.75, 3.05) is 13.1 Å². The summed E-state index contributed by atoms with van der Waals surface area (Å²) in [6, 6.07) is 12.2. The fraction of sp³-hybridized carbons (Fsp3) is 0.375. The standard InChI is InChI=1S/C16H22N4O/c1-3-20(10-12(2)16(17)19-21)11-14-9-8-13-6-4-5-7-15(13)18-14/h4-9,12,21H,3,10-11H2,1-2H3,(H2,17,19). The van der Waals surface area contributed by atoms with Crippen LogP contribution in [0, 0.1) is 5.92 Å². The first-order valence-electron chi connectivity index (χ1n) is 7.18. The van der Waals surface area contributed by atoms with Crippen molar-refractivity contribution < 1.29 is 5.21 Å². The number of para-hydroxylation sites is 1. The fourth-order valence-electron chi connectivity index (χ4n) is 2.31. The maximum atomic E-state index is 8.73. The van der Waals surface area contributed by atoms with Gasteiger partial charge in [0.25, 0.3) is 0 Å². The molecule has 0 saturated heterocycles. The largest absolute Gasteiger partial charge is 0.409 e. The van der Waals surface area contributed by atoms with Gasteiger partial charge in [0, 0.05) is 24.4 Å². The van der Waals surface area contributed by atoms with Crippen molar-refractivity contribution in [3.05, 3.63) is 42.1 Å². The maximum absolute atomic E-state index is 8.73. The van der Waals surface area contributed by atoms with Crippen LogP contribution in [0.1, 0.15) is 19.5 Å². The zero-order chi connectivity index (χ0) is 15.2. The molecule has 0 radical (unpaired) electrons. The Morgan fingerprint density at radius 1 is 1.33 bits per heavy atom. The molecule has 112 valence electrons. The number of aromatic nitrogens is 1. The van der Waals surface area contributed by atoms with E-state index in [9.17, 15) is 0 Å². The van der Waals surface area contributed by atoms with Crippen LogP contribution in [0.5, 0.6) is 0 Å². The first-order valence-corrected chi connectivity index (χ1v) is 7.18. The molecule has 1 unspecified atom stereocenters. The van der Waals surface area contributed by atoms with Gasteiger partial charge in [-0.1, -0.05) is 43.3 Å². The lowest BCUT2D eigenvalue weighted by Gasteiger charge is -2.23. The number of rotatable bonds is 6. The van der Waals surface area contributed by atoms with Crippen molar-refractivity contribution >= 4 is 16.7 Å². The Balaban J connectivity index is 2.09. The highest BCUT2D eigenvalue weighted by Gasteiger charge is 2.13. The minimum absolute atomic E-state index is 0.00964. The summed E-state index contributed by atoms with van der Waals surface area (Å²) in [6.45, 7) is 6.43. The van der Waals surface area contributed by atoms with E-state index < -0.39 is 0 Å². The number of amidine groups is 1. The van der Waals surface area contributed by atoms with E-state index in [2.05, 4.69) is 40.2 Å². The number of nitrogens with two attached hydrogens (primary N) is 1. The molecular formula is C16H22N4O. The molecular weight excluding hydrogens is 264 g/mol. The van der Waals surface area contributed by atoms with Crippen LogP contribution < -0.4 is 5.73 Å². The van der Waals surface area contributed by atoms with Gasteiger partial charge in [-0.3, -0.25) is 9.88 Å². The van der Waals surface area contributed by atoms with Gasteiger partial charge in [-0.05, 0) is 18.7 Å². The molecule has 0 fully saturated rings. The van der Waals surface area contributed by atoms with Gasteiger partial charge in [0.2, 0.25) is 0 Å². The van der Waals surface area contributed by atoms with Gasteiger partial charge in [0.05, 0.1) is 11.2 Å². The highest BCUT2D eigenvalue weighted by atomic mass is 16.4. The Labute approximate surface area is 125 Å². The second kappa shape index (κ2) is 7.04. The van der Waals surface area contributed by atoms with Crippen molar-refractivity contribution in [2.24, 2.45) is 16.8 Å². The first kappa shape index (κ1) is 15.3. The second-order valence-corrected chi connectivity index (χ2v) is 5.25. The number of nitrogens with zero attached hydrogens (tertiary/aromatic N) is 3. The van der Waals surface area contributed by atoms with E-state index in [-0.39, 0.29) is 11.8 Å². The summed E-state index contributed by atoms with van der Waals surface area (Å²) in [6.07, 6.45) is 0. The van der Waals surface area contributed by atoms with E-state index in [1.165, 1.54) is 0 Å². The molecule has 0 aliphatic carbocycles. The molecule has 2 rings (SSSR count). The molecule has 1 aromatic heterocycles. The minimum atomic E-state index is 0.00964. The highest BCUT2D eigenvalue weighted by Crippen LogP contribution is 2.13. The molecule has 0 spiro atoms. The Bertz CT molecular complexity index is 626. The molecule has 5 nitrogen and oxygen atoms in total. The molecule has 0 aliphatic heterocycles. The quantitative estimate of drug-likeness (QED) is 0.370. The lowest BCUT2D eigenvalue weighted by Crippen LogP contribution is -2.34. The molecule has 0 amide bonds. The third kappa shape index (κ3) is 3.92. The average molecular weight is 286 g/mol. The van der Waals surface area contributed by atoms with Gasteiger partial charge in [-0.2, -0.15) is 0 Å². The number of fused-ring (bicyclic) bond motifs is 1. The van der Waals surface area contributed by atoms with E-state index in [1.54, 1.807) is 0 Å². The molecule has 0 bridgehead atoms. The van der Waals surface area contributed by atoms with E-state index in [0.29, 0.717) is 0 Å². The lowest BCUT2D eigenvalue weighted by atomic mass is 10.1. The van der Waals surface area contributed by atoms with Crippen molar-refractivity contribution in [3.63, 3.8) is 0 Å². The summed E-state index contributed by atoms with van der Waals surface area (Å²) in [5.74, 6) is 0.273. The second-order valence-electron chi connectivity index (χ2n) is 5.25. The third-order valence-corrected chi connectivity index (χ3v) is 3.64. The fourth-order valence-corrected chi connectivity index (χ4v) is 2.31. The Morgan fingerprint density at radius 3 is 2.81 bits per heavy atom. The average Bonchev–Trinajstić information content (AvgIpc) is 2.53. The summed E-state index contributed by atoms with van der Waals surface area (Å²) >= 11 is 0. The van der Waals surface area contributed by atoms with Crippen LogP contribution in [0.4, 0.5) is 0 Å². The SMILES string of the molecule is CCN(Cc1ccc2ccccc2n1)CC(C)C(N)=NO. The molecule has 0 aliphatic rings. The van der Waals surface area contributed by atoms with Gasteiger partial charge >= 0.3 is 0 Å². The summed E-state index contributed by atoms with van der Waals surface area (Å²) in [5.41, 5.74) is 7.68. The van der Waals surface area contributed by atoms with Gasteiger partial charge in [0.1, 0.15) is 5.84 Å². The molecule has 1 heterocycles. The highest BCUT2D eigenvalue weighted by molar-refractivity contribution is 5.82. The predicted octanol–water partition coefficient (Wildman–Crippen LogP) is 2.44. The number of hydrogen-bond donors (Lipinski definition) is 2. The van der Waals surface area contributed by atoms with Crippen molar-refractivity contribution in [2.45, 2.75) is 20.4 Å². The Morgan fingerprint density at radius 2 is 2.10 bits per heavy atom. The van der Waals surface area contributed by atoms with Crippen molar-refractivity contribution in [1.29, 1.82) is 0 Å². The lowest BCUT2D eigenvalue weighted by molar-refractivity contribution is 0.255. The number of oxime groups is 1. The van der Waals surface area contributed by atoms with Crippen LogP contribution in [0.15, 0.2) is 41.6 Å². The summed E-state index contributed by atoms with van der Waals surface area (Å²) < 4.78 is 0. The molecule has 1 aromatic carbocycles. The van der Waals surface area contributed by atoms with Crippen LogP contribution >= 0.6 is 0 Å². The van der Waals surface area contributed by atoms with E-state index in [1.807, 2.05) is 25.1 Å². The number of benzene rings is 1. The molecule has 5 heteroatoms. The van der Waals surface area contributed by atoms with E-state index in [0.717, 1.165) is 36.2 Å². The topological polar surface area (TPSA) is 74.7 Å². The summed E-state index contributed by atoms with van der Waals surface area (Å²) in [4.78, 5) is 6.92. The molecule has 3 N–H and O–H groups in total. The predicted molar refractivity (Wildman–Crippen MR) is 85.3 cm³/mol. The van der Waals surface area contributed by atoms with E-state index in [4.69, 9.17) is 10.9 Å². The van der Waals surface area contributed by atoms with Gasteiger partial charge in [0.15, 0.2) is 0 Å². The zero-order valence-electron chi connectivity index (χ0n) is 12.5. The summed E-state index contributed by atoms with van der Waals surface area (Å²) in [5, 5.41) is 13.0. The maximum Gasteiger partial charge on any atom is 0.143 e. The third-order valence-electron chi connectivity index (χ3n) is 3.64. The first-order chi connectivity index (χ1) is 10.1. The van der Waals surface area contributed by atoms with Crippen molar-refractivity contribution in [1.82, 2.24) is 9.88 Å². The van der Waals surface area contributed by atoms with Gasteiger partial charge in [-0.15, -0.1) is 0 Å². The zero-order valence-corrected chi connectivity index (χ0v) is 12.5. The van der Waals surface area contributed by atoms with E-state index >= 15 is 0 Å². The number of hydrogen-bond acceptors (Lipinski definition) is 4. The minimum Gasteiger partial charge on any atom is -0.409 e. The molecule has 1 atom stereocenters. The van der Waals surface area contributed by atoms with Gasteiger partial charge in [-0.25, -0.2) is 0 Å². The molecule has 21 heavy (non-hydrogen) atoms. The van der Waals surface area contributed by atoms with Crippen LogP contribution in [0.2, 0.25) is 0 Å². The Kier molecular flexibility index (Phi) is 5.11. The number of pyridine rings is 1. The van der Waals surface area contributed by atoms with Gasteiger partial charge < -0.3 is 10.9 Å². The normalized spacial score (nSPS) is 13.8. The van der Waals surface area contributed by atoms with Crippen LogP contribution in [-0.4, -0.2) is 34.0 Å². The van der Waals surface area contributed by atoms with Crippen LogP contribution in [-0.2, 0) is 6.54 Å².